The van der Waals surface area contributed by atoms with Crippen LogP contribution in [0, 0.1) is 0 Å². The first-order valence-corrected chi connectivity index (χ1v) is 8.12. The molecule has 1 N–H and O–H groups in total. The standard InChI is InChI=1S/C16H22N6O2/c1-24-14-6-4-5-13(9-14)15(21-7-2-3-8-21)10-17-16(23)11-22-12-18-19-20-22/h4-6,9,12,15H,2-3,7-8,10-11H2,1H3,(H,17,23). The largest absolute Gasteiger partial charge is 0.497 e. The van der Waals surface area contributed by atoms with Crippen molar-refractivity contribution in [2.75, 3.05) is 26.7 Å². The zero-order chi connectivity index (χ0) is 16.8. The smallest absolute Gasteiger partial charge is 0.241 e. The number of rotatable bonds is 7. The Morgan fingerprint density at radius 3 is 2.92 bits per heavy atom. The number of hydrogen-bond acceptors (Lipinski definition) is 6. The highest BCUT2D eigenvalue weighted by Gasteiger charge is 2.24. The number of ether oxygens (including phenoxy) is 1. The summed E-state index contributed by atoms with van der Waals surface area (Å²) in [5.74, 6) is 0.728. The summed E-state index contributed by atoms with van der Waals surface area (Å²) in [6, 6.07) is 8.18. The first-order chi connectivity index (χ1) is 11.8. The van der Waals surface area contributed by atoms with Gasteiger partial charge in [0.1, 0.15) is 18.6 Å². The predicted octanol–water partition coefficient (Wildman–Crippen LogP) is 0.635. The molecule has 0 saturated carbocycles. The minimum Gasteiger partial charge on any atom is -0.497 e. The molecule has 1 fully saturated rings. The first-order valence-electron chi connectivity index (χ1n) is 8.12. The van der Waals surface area contributed by atoms with Crippen LogP contribution >= 0.6 is 0 Å². The number of amides is 1. The van der Waals surface area contributed by atoms with Gasteiger partial charge in [-0.15, -0.1) is 5.10 Å². The molecule has 128 valence electrons. The van der Waals surface area contributed by atoms with E-state index < -0.39 is 0 Å². The van der Waals surface area contributed by atoms with E-state index in [-0.39, 0.29) is 18.5 Å². The topological polar surface area (TPSA) is 85.2 Å². The Kier molecular flexibility index (Phi) is 5.37. The highest BCUT2D eigenvalue weighted by molar-refractivity contribution is 5.75. The normalized spacial score (nSPS) is 16.0. The van der Waals surface area contributed by atoms with E-state index >= 15 is 0 Å². The number of likely N-dealkylation sites (tertiary alicyclic amines) is 1. The summed E-state index contributed by atoms with van der Waals surface area (Å²) in [6.45, 7) is 2.77. The molecule has 1 aromatic heterocycles. The van der Waals surface area contributed by atoms with Crippen LogP contribution < -0.4 is 10.1 Å². The molecule has 0 aliphatic carbocycles. The summed E-state index contributed by atoms with van der Waals surface area (Å²) in [5.41, 5.74) is 1.15. The van der Waals surface area contributed by atoms with Gasteiger partial charge >= 0.3 is 0 Å². The summed E-state index contributed by atoms with van der Waals surface area (Å²) >= 11 is 0. The van der Waals surface area contributed by atoms with Crippen LogP contribution in [0.4, 0.5) is 0 Å². The minimum atomic E-state index is -0.102. The van der Waals surface area contributed by atoms with Gasteiger partial charge < -0.3 is 10.1 Å². The van der Waals surface area contributed by atoms with E-state index in [0.717, 1.165) is 24.4 Å². The molecule has 2 heterocycles. The van der Waals surface area contributed by atoms with Crippen molar-refractivity contribution in [2.24, 2.45) is 0 Å². The number of carbonyl (C=O) groups is 1. The van der Waals surface area contributed by atoms with Gasteiger partial charge in [-0.25, -0.2) is 4.68 Å². The number of methoxy groups -OCH3 is 1. The third-order valence-corrected chi connectivity index (χ3v) is 4.25. The van der Waals surface area contributed by atoms with Crippen molar-refractivity contribution in [1.82, 2.24) is 30.4 Å². The summed E-state index contributed by atoms with van der Waals surface area (Å²) in [7, 11) is 1.66. The zero-order valence-corrected chi connectivity index (χ0v) is 13.8. The van der Waals surface area contributed by atoms with Crippen molar-refractivity contribution in [3.8, 4) is 5.75 Å². The second-order valence-corrected chi connectivity index (χ2v) is 5.85. The molecule has 2 aromatic rings. The van der Waals surface area contributed by atoms with Crippen LogP contribution in [0.5, 0.6) is 5.75 Å². The van der Waals surface area contributed by atoms with Crippen molar-refractivity contribution in [3.63, 3.8) is 0 Å². The highest BCUT2D eigenvalue weighted by Crippen LogP contribution is 2.27. The monoisotopic (exact) mass is 330 g/mol. The average molecular weight is 330 g/mol. The number of aromatic nitrogens is 4. The lowest BCUT2D eigenvalue weighted by atomic mass is 10.0. The molecule has 1 aliphatic rings. The van der Waals surface area contributed by atoms with E-state index in [1.165, 1.54) is 23.9 Å². The Balaban J connectivity index is 1.66. The number of nitrogens with one attached hydrogen (secondary N) is 1. The molecule has 0 bridgehead atoms. The molecule has 8 heteroatoms. The molecule has 8 nitrogen and oxygen atoms in total. The van der Waals surface area contributed by atoms with Crippen molar-refractivity contribution in [2.45, 2.75) is 25.4 Å². The van der Waals surface area contributed by atoms with Gasteiger partial charge in [0.05, 0.1) is 13.2 Å². The van der Waals surface area contributed by atoms with Gasteiger partial charge in [-0.3, -0.25) is 9.69 Å². The second-order valence-electron chi connectivity index (χ2n) is 5.85. The molecule has 1 atom stereocenters. The number of tetrazole rings is 1. The van der Waals surface area contributed by atoms with E-state index in [9.17, 15) is 4.79 Å². The molecule has 0 spiro atoms. The molecular formula is C16H22N6O2. The third kappa shape index (κ3) is 4.08. The lowest BCUT2D eigenvalue weighted by molar-refractivity contribution is -0.122. The van der Waals surface area contributed by atoms with Crippen LogP contribution in [0.25, 0.3) is 0 Å². The molecule has 1 saturated heterocycles. The van der Waals surface area contributed by atoms with Gasteiger partial charge in [-0.2, -0.15) is 0 Å². The number of hydrogen-bond donors (Lipinski definition) is 1. The minimum absolute atomic E-state index is 0.102. The Morgan fingerprint density at radius 1 is 1.38 bits per heavy atom. The molecule has 1 amide bonds. The van der Waals surface area contributed by atoms with E-state index in [0.29, 0.717) is 6.54 Å². The lowest BCUT2D eigenvalue weighted by Gasteiger charge is -2.28. The maximum Gasteiger partial charge on any atom is 0.241 e. The quantitative estimate of drug-likeness (QED) is 0.802. The van der Waals surface area contributed by atoms with Crippen LogP contribution in [-0.2, 0) is 11.3 Å². The maximum absolute atomic E-state index is 12.1. The van der Waals surface area contributed by atoms with E-state index in [4.69, 9.17) is 4.74 Å². The van der Waals surface area contributed by atoms with Crippen molar-refractivity contribution in [3.05, 3.63) is 36.2 Å². The van der Waals surface area contributed by atoms with Gasteiger partial charge in [-0.1, -0.05) is 12.1 Å². The first kappa shape index (κ1) is 16.4. The summed E-state index contributed by atoms with van der Waals surface area (Å²) in [5, 5.41) is 13.8. The fraction of sp³-hybridized carbons (Fsp3) is 0.500. The maximum atomic E-state index is 12.1. The highest BCUT2D eigenvalue weighted by atomic mass is 16.5. The van der Waals surface area contributed by atoms with Gasteiger partial charge in [0.25, 0.3) is 0 Å². The van der Waals surface area contributed by atoms with E-state index in [2.05, 4.69) is 31.8 Å². The fourth-order valence-electron chi connectivity index (χ4n) is 3.03. The second kappa shape index (κ2) is 7.87. The number of benzene rings is 1. The SMILES string of the molecule is COc1cccc(C(CNC(=O)Cn2cnnn2)N2CCCC2)c1. The lowest BCUT2D eigenvalue weighted by Crippen LogP contribution is -2.38. The number of nitrogens with zero attached hydrogens (tertiary/aromatic N) is 5. The summed E-state index contributed by atoms with van der Waals surface area (Å²) in [6.07, 6.45) is 3.82. The fourth-order valence-corrected chi connectivity index (χ4v) is 3.03. The zero-order valence-electron chi connectivity index (χ0n) is 13.8. The van der Waals surface area contributed by atoms with Gasteiger partial charge in [0.15, 0.2) is 0 Å². The average Bonchev–Trinajstić information content (AvgIpc) is 3.29. The van der Waals surface area contributed by atoms with Crippen LogP contribution in [0.2, 0.25) is 0 Å². The van der Waals surface area contributed by atoms with Crippen LogP contribution in [0.1, 0.15) is 24.4 Å². The van der Waals surface area contributed by atoms with Crippen LogP contribution in [-0.4, -0.2) is 57.8 Å². The van der Waals surface area contributed by atoms with Crippen molar-refractivity contribution < 1.29 is 9.53 Å². The molecule has 3 rings (SSSR count). The molecular weight excluding hydrogens is 308 g/mol. The summed E-state index contributed by atoms with van der Waals surface area (Å²) < 4.78 is 6.74. The van der Waals surface area contributed by atoms with Crippen molar-refractivity contribution in [1.29, 1.82) is 0 Å². The van der Waals surface area contributed by atoms with E-state index in [1.807, 2.05) is 18.2 Å². The van der Waals surface area contributed by atoms with Crippen molar-refractivity contribution >= 4 is 5.91 Å². The van der Waals surface area contributed by atoms with Crippen LogP contribution in [0.3, 0.4) is 0 Å². The Bertz CT molecular complexity index is 654. The molecule has 0 radical (unpaired) electrons. The Labute approximate surface area is 140 Å². The molecule has 24 heavy (non-hydrogen) atoms. The van der Waals surface area contributed by atoms with Gasteiger partial charge in [0, 0.05) is 6.54 Å². The van der Waals surface area contributed by atoms with Gasteiger partial charge in [-0.05, 0) is 54.1 Å². The molecule has 1 aliphatic heterocycles. The Morgan fingerprint density at radius 2 is 2.21 bits per heavy atom. The summed E-state index contributed by atoms with van der Waals surface area (Å²) in [4.78, 5) is 14.5. The predicted molar refractivity (Wildman–Crippen MR) is 87.4 cm³/mol. The molecule has 1 unspecified atom stereocenters. The third-order valence-electron chi connectivity index (χ3n) is 4.25. The van der Waals surface area contributed by atoms with Gasteiger partial charge in [0.2, 0.25) is 5.91 Å². The van der Waals surface area contributed by atoms with E-state index in [1.54, 1.807) is 7.11 Å². The Hall–Kier alpha value is -2.48. The van der Waals surface area contributed by atoms with Crippen LogP contribution in [0.15, 0.2) is 30.6 Å². The number of carbonyl (C=O) groups excluding carboxylic acids is 1. The molecule has 1 aromatic carbocycles.